The molecule has 10 rings (SSSR count). The summed E-state index contributed by atoms with van der Waals surface area (Å²) in [6.07, 6.45) is 3.92. The number of hydrogen-bond donors (Lipinski definition) is 0. The predicted octanol–water partition coefficient (Wildman–Crippen LogP) is 10.9. The Morgan fingerprint density at radius 2 is 0.981 bits per heavy atom. The summed E-state index contributed by atoms with van der Waals surface area (Å²) in [4.78, 5) is 24.7. The SMILES string of the molecule is CC1=N/C(c2ccccc2)=C\CCC(c2ccc3c(c2)C2(c4ccccc4-c4ccccc42)c2cc(-c4nc(C)nc(-c5ccccc5)n4)ccc2-3)=N1. The Morgan fingerprint density at radius 1 is 0.453 bits per heavy atom. The minimum absolute atomic E-state index is 0.528. The van der Waals surface area contributed by atoms with E-state index in [0.29, 0.717) is 17.5 Å². The van der Waals surface area contributed by atoms with Crippen LogP contribution in [0.3, 0.4) is 0 Å². The molecule has 0 saturated carbocycles. The van der Waals surface area contributed by atoms with E-state index < -0.39 is 5.41 Å². The van der Waals surface area contributed by atoms with Crippen LogP contribution >= 0.6 is 0 Å². The summed E-state index contributed by atoms with van der Waals surface area (Å²) in [7, 11) is 0. The standard InChI is InChI=1S/C48H35N5/c1-30-49-44(32-14-5-3-6-15-32)22-13-23-45(50-30)34-24-26-38-39-27-25-35(47-52-31(2)51-46(53-47)33-16-7-4-8-17-33)29-43(39)48(42(38)28-34)40-20-11-9-18-36(40)37-19-10-12-21-41(37)48/h3-12,14-22,24-29H,13,23H2,1-2H3/b44-22-,49-30?,50-45?. The molecule has 0 N–H and O–H groups in total. The Bertz CT molecular complexity index is 2640. The number of amidine groups is 1. The lowest BCUT2D eigenvalue weighted by Crippen LogP contribution is -2.26. The van der Waals surface area contributed by atoms with Gasteiger partial charge in [-0.05, 0) is 94.5 Å². The normalized spacial score (nSPS) is 15.9. The molecule has 53 heavy (non-hydrogen) atoms. The van der Waals surface area contributed by atoms with E-state index in [1.54, 1.807) is 0 Å². The molecule has 1 aliphatic heterocycles. The maximum absolute atomic E-state index is 5.16. The number of hydrogen-bond acceptors (Lipinski definition) is 5. The van der Waals surface area contributed by atoms with Crippen LogP contribution in [0.25, 0.3) is 50.7 Å². The number of aliphatic imine (C=N–C) groups is 2. The Hall–Kier alpha value is -6.59. The summed E-state index contributed by atoms with van der Waals surface area (Å²) < 4.78 is 0. The van der Waals surface area contributed by atoms with Crippen LogP contribution in [0.2, 0.25) is 0 Å². The van der Waals surface area contributed by atoms with E-state index in [2.05, 4.69) is 115 Å². The molecule has 6 aromatic carbocycles. The minimum atomic E-state index is -0.528. The number of aryl methyl sites for hydroxylation is 1. The number of allylic oxidation sites excluding steroid dienone is 1. The van der Waals surface area contributed by atoms with Crippen LogP contribution in [0, 0.1) is 6.92 Å². The van der Waals surface area contributed by atoms with Crippen LogP contribution in [-0.4, -0.2) is 26.5 Å². The van der Waals surface area contributed by atoms with Gasteiger partial charge < -0.3 is 0 Å². The smallest absolute Gasteiger partial charge is 0.163 e. The predicted molar refractivity (Wildman–Crippen MR) is 215 cm³/mol. The van der Waals surface area contributed by atoms with Gasteiger partial charge in [-0.3, -0.25) is 0 Å². The molecular formula is C48H35N5. The maximum atomic E-state index is 5.16. The van der Waals surface area contributed by atoms with Gasteiger partial charge in [0.2, 0.25) is 0 Å². The maximum Gasteiger partial charge on any atom is 0.163 e. The monoisotopic (exact) mass is 681 g/mol. The van der Waals surface area contributed by atoms with E-state index in [9.17, 15) is 0 Å². The van der Waals surface area contributed by atoms with Crippen LogP contribution in [0.5, 0.6) is 0 Å². The summed E-state index contributed by atoms with van der Waals surface area (Å²) in [5.41, 5.74) is 15.8. The number of fused-ring (bicyclic) bond motifs is 10. The molecule has 1 spiro atoms. The highest BCUT2D eigenvalue weighted by Gasteiger charge is 2.51. The van der Waals surface area contributed by atoms with Crippen molar-refractivity contribution in [3.8, 4) is 45.0 Å². The Kier molecular flexibility index (Phi) is 7.22. The summed E-state index contributed by atoms with van der Waals surface area (Å²) in [5, 5.41) is 0. The van der Waals surface area contributed by atoms with Gasteiger partial charge in [-0.25, -0.2) is 24.9 Å². The second-order valence-corrected chi connectivity index (χ2v) is 14.0. The summed E-state index contributed by atoms with van der Waals surface area (Å²) >= 11 is 0. The average Bonchev–Trinajstić information content (AvgIpc) is 3.66. The first-order valence-electron chi connectivity index (χ1n) is 18.2. The van der Waals surface area contributed by atoms with E-state index in [1.165, 1.54) is 44.5 Å². The van der Waals surface area contributed by atoms with Crippen molar-refractivity contribution in [1.29, 1.82) is 0 Å². The van der Waals surface area contributed by atoms with Crippen molar-refractivity contribution in [2.45, 2.75) is 32.1 Å². The van der Waals surface area contributed by atoms with E-state index in [4.69, 9.17) is 24.9 Å². The first kappa shape index (κ1) is 31.2. The molecule has 0 bridgehead atoms. The van der Waals surface area contributed by atoms with Gasteiger partial charge in [0, 0.05) is 11.1 Å². The zero-order valence-corrected chi connectivity index (χ0v) is 29.6. The largest absolute Gasteiger partial charge is 0.238 e. The van der Waals surface area contributed by atoms with Crippen LogP contribution < -0.4 is 0 Å². The third-order valence-corrected chi connectivity index (χ3v) is 10.8. The number of rotatable bonds is 4. The van der Waals surface area contributed by atoms with Gasteiger partial charge >= 0.3 is 0 Å². The van der Waals surface area contributed by atoms with Gasteiger partial charge in [-0.15, -0.1) is 0 Å². The van der Waals surface area contributed by atoms with Crippen molar-refractivity contribution in [3.63, 3.8) is 0 Å². The molecule has 252 valence electrons. The van der Waals surface area contributed by atoms with Crippen molar-refractivity contribution in [1.82, 2.24) is 15.0 Å². The first-order valence-corrected chi connectivity index (χ1v) is 18.2. The zero-order valence-electron chi connectivity index (χ0n) is 29.6. The molecule has 7 aromatic rings. The van der Waals surface area contributed by atoms with E-state index in [0.717, 1.165) is 52.3 Å². The molecule has 0 amide bonds. The molecule has 0 unspecified atom stereocenters. The molecule has 0 fully saturated rings. The molecule has 0 saturated heterocycles. The van der Waals surface area contributed by atoms with Crippen LogP contribution in [0.4, 0.5) is 0 Å². The molecule has 2 heterocycles. The highest BCUT2D eigenvalue weighted by atomic mass is 15.0. The van der Waals surface area contributed by atoms with Crippen LogP contribution in [-0.2, 0) is 5.41 Å². The molecule has 1 aromatic heterocycles. The molecule has 0 atom stereocenters. The van der Waals surface area contributed by atoms with Crippen LogP contribution in [0.1, 0.15) is 59.0 Å². The molecule has 0 radical (unpaired) electrons. The molecule has 3 aliphatic rings. The van der Waals surface area contributed by atoms with Crippen molar-refractivity contribution in [3.05, 3.63) is 191 Å². The quantitative estimate of drug-likeness (QED) is 0.186. The lowest BCUT2D eigenvalue weighted by Gasteiger charge is -2.31. The Labute approximate surface area is 309 Å². The lowest BCUT2D eigenvalue weighted by atomic mass is 9.70. The second-order valence-electron chi connectivity index (χ2n) is 14.0. The lowest BCUT2D eigenvalue weighted by molar-refractivity contribution is 0.793. The third kappa shape index (κ3) is 4.96. The summed E-state index contributed by atoms with van der Waals surface area (Å²) in [6.45, 7) is 3.94. The van der Waals surface area contributed by atoms with Crippen molar-refractivity contribution >= 4 is 17.2 Å². The highest BCUT2D eigenvalue weighted by Crippen LogP contribution is 2.63. The molecule has 2 aliphatic carbocycles. The van der Waals surface area contributed by atoms with Crippen molar-refractivity contribution in [2.24, 2.45) is 9.98 Å². The topological polar surface area (TPSA) is 63.4 Å². The Morgan fingerprint density at radius 3 is 1.64 bits per heavy atom. The van der Waals surface area contributed by atoms with Crippen molar-refractivity contribution in [2.75, 3.05) is 0 Å². The van der Waals surface area contributed by atoms with Crippen LogP contribution in [0.15, 0.2) is 162 Å². The molecular weight excluding hydrogens is 647 g/mol. The van der Waals surface area contributed by atoms with E-state index in [-0.39, 0.29) is 0 Å². The second kappa shape index (κ2) is 12.3. The van der Waals surface area contributed by atoms with Gasteiger partial charge in [0.05, 0.1) is 16.8 Å². The fourth-order valence-electron chi connectivity index (χ4n) is 8.63. The number of aromatic nitrogens is 3. The minimum Gasteiger partial charge on any atom is -0.238 e. The van der Waals surface area contributed by atoms with Gasteiger partial charge in [0.1, 0.15) is 11.7 Å². The van der Waals surface area contributed by atoms with Crippen molar-refractivity contribution < 1.29 is 0 Å². The van der Waals surface area contributed by atoms with Gasteiger partial charge in [0.15, 0.2) is 11.6 Å². The molecule has 5 nitrogen and oxygen atoms in total. The third-order valence-electron chi connectivity index (χ3n) is 10.8. The highest BCUT2D eigenvalue weighted by molar-refractivity contribution is 6.09. The van der Waals surface area contributed by atoms with Gasteiger partial charge in [0.25, 0.3) is 0 Å². The number of benzene rings is 6. The zero-order chi connectivity index (χ0) is 35.5. The van der Waals surface area contributed by atoms with Gasteiger partial charge in [-0.2, -0.15) is 0 Å². The fourth-order valence-corrected chi connectivity index (χ4v) is 8.63. The summed E-state index contributed by atoms with van der Waals surface area (Å²) in [6, 6.07) is 52.1. The van der Waals surface area contributed by atoms with E-state index in [1.807, 2.05) is 50.2 Å². The Balaban J connectivity index is 1.16. The first-order chi connectivity index (χ1) is 26.1. The van der Waals surface area contributed by atoms with Gasteiger partial charge in [-0.1, -0.05) is 140 Å². The number of nitrogens with zero attached hydrogens (tertiary/aromatic N) is 5. The molecule has 5 heteroatoms. The average molecular weight is 682 g/mol. The fraction of sp³-hybridized carbons (Fsp3) is 0.104. The summed E-state index contributed by atoms with van der Waals surface area (Å²) in [5.74, 6) is 2.81. The van der Waals surface area contributed by atoms with E-state index >= 15 is 0 Å².